The van der Waals surface area contributed by atoms with Gasteiger partial charge in [-0.05, 0) is 38.1 Å². The fraction of sp³-hybridized carbons (Fsp3) is 0.417. The van der Waals surface area contributed by atoms with Gasteiger partial charge in [-0.1, -0.05) is 20.8 Å². The van der Waals surface area contributed by atoms with Crippen molar-refractivity contribution in [2.75, 3.05) is 13.2 Å². The van der Waals surface area contributed by atoms with Crippen LogP contribution in [0.15, 0.2) is 36.4 Å². The lowest BCUT2D eigenvalue weighted by molar-refractivity contribution is -0.384. The summed E-state index contributed by atoms with van der Waals surface area (Å²) in [7, 11) is 1.83. The second kappa shape index (κ2) is 9.98. The Morgan fingerprint density at radius 1 is 1.06 bits per heavy atom. The highest BCUT2D eigenvalue weighted by atomic mass is 16.7. The summed E-state index contributed by atoms with van der Waals surface area (Å²) < 4.78 is 24.4. The molecular weight excluding hydrogens is 442 g/mol. The van der Waals surface area contributed by atoms with Crippen molar-refractivity contribution in [2.24, 2.45) is 12.5 Å². The molecule has 0 bridgehead atoms. The van der Waals surface area contributed by atoms with E-state index < -0.39 is 22.6 Å². The number of rotatable bonds is 8. The second-order valence-electron chi connectivity index (χ2n) is 8.62. The normalized spacial score (nSPS) is 12.3. The predicted octanol–water partition coefficient (Wildman–Crippen LogP) is 5.58. The van der Waals surface area contributed by atoms with Crippen LogP contribution >= 0.6 is 0 Å². The van der Waals surface area contributed by atoms with Crippen molar-refractivity contribution in [1.29, 1.82) is 0 Å². The number of benzene rings is 2. The maximum atomic E-state index is 12.7. The molecule has 10 nitrogen and oxygen atoms in total. The highest BCUT2D eigenvalue weighted by Crippen LogP contribution is 2.41. The number of nitro groups is 1. The van der Waals surface area contributed by atoms with Crippen molar-refractivity contribution in [1.82, 2.24) is 9.55 Å². The van der Waals surface area contributed by atoms with E-state index in [0.29, 0.717) is 36.1 Å². The Kier molecular flexibility index (Phi) is 7.29. The van der Waals surface area contributed by atoms with Gasteiger partial charge in [-0.3, -0.25) is 10.1 Å². The number of carbonyl (C=O) groups excluding carboxylic acids is 1. The van der Waals surface area contributed by atoms with Crippen LogP contribution in [0, 0.1) is 15.5 Å². The molecule has 34 heavy (non-hydrogen) atoms. The number of hydrogen-bond donors (Lipinski definition) is 0. The number of aromatic nitrogens is 2. The number of fused-ring (bicyclic) bond motifs is 1. The largest absolute Gasteiger partial charge is 0.514 e. The van der Waals surface area contributed by atoms with Gasteiger partial charge in [0.1, 0.15) is 28.3 Å². The molecule has 1 heterocycles. The van der Waals surface area contributed by atoms with Crippen molar-refractivity contribution in [2.45, 2.75) is 40.7 Å². The summed E-state index contributed by atoms with van der Waals surface area (Å²) in [6.07, 6.45) is -1.73. The van der Waals surface area contributed by atoms with Gasteiger partial charge in [-0.15, -0.1) is 0 Å². The summed E-state index contributed by atoms with van der Waals surface area (Å²) in [6, 6.07) is 8.81. The van der Waals surface area contributed by atoms with E-state index in [1.54, 1.807) is 0 Å². The third-order valence-electron chi connectivity index (χ3n) is 5.07. The minimum absolute atomic E-state index is 0.108. The fourth-order valence-electron chi connectivity index (χ4n) is 3.53. The van der Waals surface area contributed by atoms with Gasteiger partial charge in [0.15, 0.2) is 11.9 Å². The molecule has 0 amide bonds. The molecular formula is C24H29N3O7. The van der Waals surface area contributed by atoms with Gasteiger partial charge in [0.2, 0.25) is 0 Å². The molecule has 0 spiro atoms. The Labute approximate surface area is 197 Å². The lowest BCUT2D eigenvalue weighted by Crippen LogP contribution is -2.28. The zero-order valence-electron chi connectivity index (χ0n) is 20.2. The van der Waals surface area contributed by atoms with E-state index in [0.717, 1.165) is 5.52 Å². The first-order valence-electron chi connectivity index (χ1n) is 10.9. The monoisotopic (exact) mass is 471 g/mol. The molecule has 1 atom stereocenters. The van der Waals surface area contributed by atoms with Gasteiger partial charge in [0.05, 0.1) is 18.1 Å². The quantitative estimate of drug-likeness (QED) is 0.181. The van der Waals surface area contributed by atoms with Crippen LogP contribution in [0.4, 0.5) is 10.5 Å². The van der Waals surface area contributed by atoms with Crippen LogP contribution in [0.3, 0.4) is 0 Å². The van der Waals surface area contributed by atoms with Gasteiger partial charge in [0.25, 0.3) is 5.69 Å². The standard InChI is InChI=1S/C24H29N3O7/c1-7-31-17-13-14-18(32-8-2)20-19(17)25-22(26(20)6)21(24(3,4)5)34-23(28)33-16-11-9-15(10-12-16)27(29)30/h9-14,21H,7-8H2,1-6H3. The van der Waals surface area contributed by atoms with Crippen molar-refractivity contribution in [3.05, 3.63) is 52.3 Å². The van der Waals surface area contributed by atoms with Crippen molar-refractivity contribution < 1.29 is 28.7 Å². The molecule has 0 aliphatic heterocycles. The van der Waals surface area contributed by atoms with Crippen molar-refractivity contribution >= 4 is 22.9 Å². The second-order valence-corrected chi connectivity index (χ2v) is 8.62. The molecule has 0 aliphatic carbocycles. The maximum Gasteiger partial charge on any atom is 0.514 e. The number of nitro benzene ring substituents is 1. The molecule has 0 radical (unpaired) electrons. The summed E-state index contributed by atoms with van der Waals surface area (Å²) in [6.45, 7) is 10.5. The van der Waals surface area contributed by atoms with Crippen LogP contribution in [0.1, 0.15) is 46.5 Å². The minimum Gasteiger partial charge on any atom is -0.492 e. The topological polar surface area (TPSA) is 115 Å². The Morgan fingerprint density at radius 2 is 1.65 bits per heavy atom. The number of hydrogen-bond acceptors (Lipinski definition) is 8. The summed E-state index contributed by atoms with van der Waals surface area (Å²) in [5.41, 5.74) is 0.681. The maximum absolute atomic E-state index is 12.7. The van der Waals surface area contributed by atoms with Gasteiger partial charge < -0.3 is 23.5 Å². The van der Waals surface area contributed by atoms with Crippen molar-refractivity contribution in [3.8, 4) is 17.2 Å². The average molecular weight is 472 g/mol. The molecule has 0 saturated carbocycles. The predicted molar refractivity (Wildman–Crippen MR) is 125 cm³/mol. The summed E-state index contributed by atoms with van der Waals surface area (Å²) in [5, 5.41) is 10.8. The molecule has 3 aromatic rings. The van der Waals surface area contributed by atoms with E-state index in [-0.39, 0.29) is 11.4 Å². The summed E-state index contributed by atoms with van der Waals surface area (Å²) in [5.74, 6) is 1.87. The lowest BCUT2D eigenvalue weighted by Gasteiger charge is -2.29. The SMILES string of the molecule is CCOc1ccc(OCC)c2c1nc(C(OC(=O)Oc1ccc([N+](=O)[O-])cc1)C(C)(C)C)n2C. The third kappa shape index (κ3) is 5.22. The minimum atomic E-state index is -0.948. The number of non-ortho nitro benzene ring substituents is 1. The molecule has 2 aromatic carbocycles. The van der Waals surface area contributed by atoms with E-state index in [4.69, 9.17) is 23.9 Å². The van der Waals surface area contributed by atoms with E-state index in [1.807, 2.05) is 58.4 Å². The fourth-order valence-corrected chi connectivity index (χ4v) is 3.53. The highest BCUT2D eigenvalue weighted by Gasteiger charge is 2.36. The number of ether oxygens (including phenoxy) is 4. The Morgan fingerprint density at radius 3 is 2.21 bits per heavy atom. The van der Waals surface area contributed by atoms with Crippen LogP contribution in [-0.2, 0) is 11.8 Å². The molecule has 182 valence electrons. The third-order valence-corrected chi connectivity index (χ3v) is 5.07. The van der Waals surface area contributed by atoms with Crippen LogP contribution in [0.5, 0.6) is 17.2 Å². The smallest absolute Gasteiger partial charge is 0.492 e. The van der Waals surface area contributed by atoms with Crippen LogP contribution < -0.4 is 14.2 Å². The lowest BCUT2D eigenvalue weighted by atomic mass is 9.88. The molecule has 0 N–H and O–H groups in total. The molecule has 10 heteroatoms. The van der Waals surface area contributed by atoms with E-state index in [2.05, 4.69) is 0 Å². The van der Waals surface area contributed by atoms with Gasteiger partial charge in [0, 0.05) is 24.6 Å². The summed E-state index contributed by atoms with van der Waals surface area (Å²) in [4.78, 5) is 27.7. The molecule has 0 aliphatic rings. The van der Waals surface area contributed by atoms with Crippen LogP contribution in [0.25, 0.3) is 11.0 Å². The van der Waals surface area contributed by atoms with Crippen molar-refractivity contribution in [3.63, 3.8) is 0 Å². The molecule has 0 saturated heterocycles. The number of aryl methyl sites for hydroxylation is 1. The Hall–Kier alpha value is -3.82. The number of nitrogens with zero attached hydrogens (tertiary/aromatic N) is 3. The van der Waals surface area contributed by atoms with Gasteiger partial charge >= 0.3 is 6.16 Å². The molecule has 3 rings (SSSR count). The first kappa shape index (κ1) is 24.8. The molecule has 0 fully saturated rings. The summed E-state index contributed by atoms with van der Waals surface area (Å²) >= 11 is 0. The Balaban J connectivity index is 1.97. The average Bonchev–Trinajstić information content (AvgIpc) is 3.11. The van der Waals surface area contributed by atoms with E-state index in [1.165, 1.54) is 24.3 Å². The first-order valence-corrected chi connectivity index (χ1v) is 10.9. The number of imidazole rings is 1. The zero-order valence-corrected chi connectivity index (χ0v) is 20.2. The van der Waals surface area contributed by atoms with Crippen LogP contribution in [0.2, 0.25) is 0 Å². The van der Waals surface area contributed by atoms with E-state index in [9.17, 15) is 14.9 Å². The Bertz CT molecular complexity index is 1180. The van der Waals surface area contributed by atoms with E-state index >= 15 is 0 Å². The number of carbonyl (C=O) groups is 1. The zero-order chi connectivity index (χ0) is 25.0. The molecule has 1 unspecified atom stereocenters. The van der Waals surface area contributed by atoms with Gasteiger partial charge in [-0.25, -0.2) is 9.78 Å². The first-order chi connectivity index (χ1) is 16.1. The van der Waals surface area contributed by atoms with Gasteiger partial charge in [-0.2, -0.15) is 0 Å². The van der Waals surface area contributed by atoms with Crippen LogP contribution in [-0.4, -0.2) is 33.8 Å². The molecule has 1 aromatic heterocycles. The highest BCUT2D eigenvalue weighted by molar-refractivity contribution is 5.88.